The van der Waals surface area contributed by atoms with Crippen molar-refractivity contribution < 1.29 is 9.90 Å². The molecular weight excluding hydrogens is 166 g/mol. The van der Waals surface area contributed by atoms with Crippen LogP contribution in [0.1, 0.15) is 12.5 Å². The number of carbonyl (C=O) groups excluding carboxylic acids is 1. The first-order valence-corrected chi connectivity index (χ1v) is 4.29. The maximum Gasteiger partial charge on any atom is 0.223 e. The molecule has 68 valence electrons. The van der Waals surface area contributed by atoms with Gasteiger partial charge in [-0.1, -0.05) is 12.1 Å². The van der Waals surface area contributed by atoms with Crippen LogP contribution in [0.4, 0.5) is 5.69 Å². The summed E-state index contributed by atoms with van der Waals surface area (Å²) in [5.41, 5.74) is 1.74. The molecule has 13 heavy (non-hydrogen) atoms. The molecule has 0 bridgehead atoms. The minimum atomic E-state index is -0.0137. The van der Waals surface area contributed by atoms with Crippen LogP contribution in [0.3, 0.4) is 0 Å². The smallest absolute Gasteiger partial charge is 0.223 e. The number of hydrogen-bond donors (Lipinski definition) is 1. The third-order valence-corrected chi connectivity index (χ3v) is 2.35. The molecule has 0 spiro atoms. The third-order valence-electron chi connectivity index (χ3n) is 2.35. The summed E-state index contributed by atoms with van der Waals surface area (Å²) in [4.78, 5) is 12.8. The zero-order valence-corrected chi connectivity index (χ0v) is 7.45. The standard InChI is InChI=1S/C10H11NO2/c1-7(12)11-6-5-8-3-2-4-9(13)10(8)11/h2-4,13H,5-6H2,1H3. The van der Waals surface area contributed by atoms with Crippen molar-refractivity contribution in [1.82, 2.24) is 0 Å². The number of rotatable bonds is 0. The topological polar surface area (TPSA) is 40.5 Å². The molecule has 0 fully saturated rings. The van der Waals surface area contributed by atoms with Crippen LogP contribution in [0.5, 0.6) is 5.75 Å². The van der Waals surface area contributed by atoms with E-state index in [1.54, 1.807) is 17.0 Å². The van der Waals surface area contributed by atoms with Gasteiger partial charge < -0.3 is 10.0 Å². The number of benzene rings is 1. The van der Waals surface area contributed by atoms with Gasteiger partial charge in [0.1, 0.15) is 5.75 Å². The largest absolute Gasteiger partial charge is 0.506 e. The highest BCUT2D eigenvalue weighted by atomic mass is 16.3. The second-order valence-electron chi connectivity index (χ2n) is 3.21. The summed E-state index contributed by atoms with van der Waals surface area (Å²) >= 11 is 0. The number of amides is 1. The van der Waals surface area contributed by atoms with Gasteiger partial charge in [-0.3, -0.25) is 4.79 Å². The van der Waals surface area contributed by atoms with E-state index >= 15 is 0 Å². The molecule has 3 nitrogen and oxygen atoms in total. The van der Waals surface area contributed by atoms with E-state index in [9.17, 15) is 9.90 Å². The van der Waals surface area contributed by atoms with E-state index < -0.39 is 0 Å². The van der Waals surface area contributed by atoms with Crippen molar-refractivity contribution >= 4 is 11.6 Å². The van der Waals surface area contributed by atoms with Crippen molar-refractivity contribution in [2.45, 2.75) is 13.3 Å². The number of phenolic OH excluding ortho intramolecular Hbond substituents is 1. The molecule has 1 N–H and O–H groups in total. The SMILES string of the molecule is CC(=O)N1CCc2cccc(O)c21. The minimum absolute atomic E-state index is 0.0137. The Morgan fingerprint density at radius 1 is 1.54 bits per heavy atom. The van der Waals surface area contributed by atoms with Crippen molar-refractivity contribution in [2.24, 2.45) is 0 Å². The molecule has 0 atom stereocenters. The van der Waals surface area contributed by atoms with Crippen LogP contribution >= 0.6 is 0 Å². The molecule has 1 aliphatic heterocycles. The minimum Gasteiger partial charge on any atom is -0.506 e. The average molecular weight is 177 g/mol. The van der Waals surface area contributed by atoms with Gasteiger partial charge in [-0.05, 0) is 18.1 Å². The fraction of sp³-hybridized carbons (Fsp3) is 0.300. The fourth-order valence-electron chi connectivity index (χ4n) is 1.75. The maximum absolute atomic E-state index is 11.2. The Bertz CT molecular complexity index is 360. The Labute approximate surface area is 76.6 Å². The third kappa shape index (κ3) is 1.16. The van der Waals surface area contributed by atoms with E-state index in [1.165, 1.54) is 6.92 Å². The van der Waals surface area contributed by atoms with E-state index in [0.717, 1.165) is 12.0 Å². The molecule has 1 aliphatic rings. The number of hydrogen-bond acceptors (Lipinski definition) is 2. The second-order valence-corrected chi connectivity index (χ2v) is 3.21. The predicted octanol–water partition coefficient (Wildman–Crippen LogP) is 1.30. The van der Waals surface area contributed by atoms with E-state index in [0.29, 0.717) is 12.2 Å². The second kappa shape index (κ2) is 2.76. The molecule has 1 aromatic rings. The first-order chi connectivity index (χ1) is 6.20. The highest BCUT2D eigenvalue weighted by molar-refractivity contribution is 5.95. The Morgan fingerprint density at radius 2 is 2.31 bits per heavy atom. The molecule has 0 aliphatic carbocycles. The van der Waals surface area contributed by atoms with Crippen molar-refractivity contribution in [1.29, 1.82) is 0 Å². The van der Waals surface area contributed by atoms with Gasteiger partial charge in [-0.15, -0.1) is 0 Å². The number of anilines is 1. The van der Waals surface area contributed by atoms with Gasteiger partial charge in [0.05, 0.1) is 5.69 Å². The first kappa shape index (κ1) is 8.10. The van der Waals surface area contributed by atoms with Gasteiger partial charge in [-0.25, -0.2) is 0 Å². The number of fused-ring (bicyclic) bond motifs is 1. The molecule has 0 saturated carbocycles. The zero-order chi connectivity index (χ0) is 9.42. The van der Waals surface area contributed by atoms with Gasteiger partial charge in [-0.2, -0.15) is 0 Å². The van der Waals surface area contributed by atoms with Crippen LogP contribution in [-0.2, 0) is 11.2 Å². The molecule has 0 unspecified atom stereocenters. The molecule has 0 saturated heterocycles. The Kier molecular flexibility index (Phi) is 1.72. The van der Waals surface area contributed by atoms with Gasteiger partial charge in [0.2, 0.25) is 5.91 Å². The summed E-state index contributed by atoms with van der Waals surface area (Å²) in [5, 5.41) is 9.56. The predicted molar refractivity (Wildman–Crippen MR) is 49.8 cm³/mol. The van der Waals surface area contributed by atoms with Gasteiger partial charge >= 0.3 is 0 Å². The summed E-state index contributed by atoms with van der Waals surface area (Å²) < 4.78 is 0. The Morgan fingerprint density at radius 3 is 3.00 bits per heavy atom. The van der Waals surface area contributed by atoms with Crippen molar-refractivity contribution in [3.63, 3.8) is 0 Å². The lowest BCUT2D eigenvalue weighted by molar-refractivity contribution is -0.116. The van der Waals surface area contributed by atoms with Crippen molar-refractivity contribution in [3.05, 3.63) is 23.8 Å². The molecule has 1 heterocycles. The summed E-state index contributed by atoms with van der Waals surface area (Å²) in [6.45, 7) is 2.20. The van der Waals surface area contributed by atoms with Crippen LogP contribution in [0, 0.1) is 0 Å². The van der Waals surface area contributed by atoms with Crippen LogP contribution in [0.25, 0.3) is 0 Å². The first-order valence-electron chi connectivity index (χ1n) is 4.29. The van der Waals surface area contributed by atoms with Crippen molar-refractivity contribution in [2.75, 3.05) is 11.4 Å². The maximum atomic E-state index is 11.2. The molecule has 0 aromatic heterocycles. The van der Waals surface area contributed by atoms with E-state index in [-0.39, 0.29) is 11.7 Å². The lowest BCUT2D eigenvalue weighted by atomic mass is 10.1. The monoisotopic (exact) mass is 177 g/mol. The molecule has 0 radical (unpaired) electrons. The van der Waals surface area contributed by atoms with Crippen LogP contribution < -0.4 is 4.90 Å². The summed E-state index contributed by atoms with van der Waals surface area (Å²) in [6, 6.07) is 5.36. The van der Waals surface area contributed by atoms with E-state index in [4.69, 9.17) is 0 Å². The van der Waals surface area contributed by atoms with E-state index in [1.807, 2.05) is 6.07 Å². The van der Waals surface area contributed by atoms with Gasteiger partial charge in [0, 0.05) is 13.5 Å². The quantitative estimate of drug-likeness (QED) is 0.649. The molecule has 2 rings (SSSR count). The van der Waals surface area contributed by atoms with Crippen LogP contribution in [0.15, 0.2) is 18.2 Å². The lowest BCUT2D eigenvalue weighted by Crippen LogP contribution is -2.25. The molecule has 3 heteroatoms. The molecule has 1 aromatic carbocycles. The number of carbonyl (C=O) groups is 1. The molecular formula is C10H11NO2. The van der Waals surface area contributed by atoms with E-state index in [2.05, 4.69) is 0 Å². The van der Waals surface area contributed by atoms with Gasteiger partial charge in [0.25, 0.3) is 0 Å². The zero-order valence-electron chi connectivity index (χ0n) is 7.45. The Hall–Kier alpha value is -1.51. The number of nitrogens with zero attached hydrogens (tertiary/aromatic N) is 1. The summed E-state index contributed by atoms with van der Waals surface area (Å²) in [5.74, 6) is 0.186. The Balaban J connectivity index is 2.52. The highest BCUT2D eigenvalue weighted by Gasteiger charge is 2.24. The summed E-state index contributed by atoms with van der Waals surface area (Å²) in [6.07, 6.45) is 0.837. The molecule has 1 amide bonds. The average Bonchev–Trinajstić information content (AvgIpc) is 2.49. The number of para-hydroxylation sites is 1. The van der Waals surface area contributed by atoms with Crippen LogP contribution in [0.2, 0.25) is 0 Å². The van der Waals surface area contributed by atoms with Gasteiger partial charge in [0.15, 0.2) is 0 Å². The fourth-order valence-corrected chi connectivity index (χ4v) is 1.75. The number of phenols is 1. The lowest BCUT2D eigenvalue weighted by Gasteiger charge is -2.15. The normalized spacial score (nSPS) is 14.4. The number of aromatic hydroxyl groups is 1. The summed E-state index contributed by atoms with van der Waals surface area (Å²) in [7, 11) is 0. The highest BCUT2D eigenvalue weighted by Crippen LogP contribution is 2.35. The van der Waals surface area contributed by atoms with Crippen molar-refractivity contribution in [3.8, 4) is 5.75 Å². The van der Waals surface area contributed by atoms with Crippen LogP contribution in [-0.4, -0.2) is 17.6 Å².